The Morgan fingerprint density at radius 2 is 2.17 bits per heavy atom. The van der Waals surface area contributed by atoms with Crippen LogP contribution >= 0.6 is 0 Å². The van der Waals surface area contributed by atoms with Gasteiger partial charge >= 0.3 is 5.97 Å². The van der Waals surface area contributed by atoms with Crippen molar-refractivity contribution in [3.63, 3.8) is 0 Å². The molecule has 7 heteroatoms. The smallest absolute Gasteiger partial charge is 0.303 e. The van der Waals surface area contributed by atoms with Crippen LogP contribution in [0.5, 0.6) is 5.88 Å². The van der Waals surface area contributed by atoms with E-state index < -0.39 is 5.97 Å². The van der Waals surface area contributed by atoms with Gasteiger partial charge in [0.05, 0.1) is 13.2 Å². The molecule has 1 saturated heterocycles. The van der Waals surface area contributed by atoms with Crippen molar-refractivity contribution in [1.29, 1.82) is 0 Å². The van der Waals surface area contributed by atoms with E-state index in [-0.39, 0.29) is 18.4 Å². The first-order valence-electron chi connectivity index (χ1n) is 8.35. The Labute approximate surface area is 141 Å². The molecule has 1 fully saturated rings. The lowest BCUT2D eigenvalue weighted by Gasteiger charge is -2.11. The molecule has 0 bridgehead atoms. The number of rotatable bonds is 10. The minimum absolute atomic E-state index is 0.00149. The lowest BCUT2D eigenvalue weighted by Crippen LogP contribution is -2.24. The van der Waals surface area contributed by atoms with Gasteiger partial charge in [-0.25, -0.2) is 4.98 Å². The summed E-state index contributed by atoms with van der Waals surface area (Å²) in [6.07, 6.45) is 5.88. The summed E-state index contributed by atoms with van der Waals surface area (Å²) >= 11 is 0. The van der Waals surface area contributed by atoms with Crippen LogP contribution in [0.1, 0.15) is 48.9 Å². The summed E-state index contributed by atoms with van der Waals surface area (Å²) in [6.45, 7) is 1.82. The minimum Gasteiger partial charge on any atom is -0.481 e. The van der Waals surface area contributed by atoms with Crippen LogP contribution in [0.3, 0.4) is 0 Å². The fraction of sp³-hybridized carbons (Fsp3) is 0.588. The molecular weight excluding hydrogens is 312 g/mol. The van der Waals surface area contributed by atoms with E-state index in [1.165, 1.54) is 0 Å². The molecule has 0 radical (unpaired) electrons. The van der Waals surface area contributed by atoms with Crippen LogP contribution in [0.2, 0.25) is 0 Å². The molecule has 0 saturated carbocycles. The zero-order chi connectivity index (χ0) is 17.2. The number of aliphatic carboxylic acids is 1. The Bertz CT molecular complexity index is 544. The first-order valence-corrected chi connectivity index (χ1v) is 8.35. The molecule has 1 aliphatic rings. The molecule has 1 aromatic heterocycles. The van der Waals surface area contributed by atoms with Crippen LogP contribution in [0, 0.1) is 0 Å². The number of carboxylic acid groups (broad SMARTS) is 1. The number of unbranched alkanes of at least 4 members (excludes halogenated alkanes) is 3. The molecule has 1 atom stereocenters. The monoisotopic (exact) mass is 336 g/mol. The van der Waals surface area contributed by atoms with Gasteiger partial charge in [0.25, 0.3) is 5.91 Å². The van der Waals surface area contributed by atoms with Crippen molar-refractivity contribution in [3.05, 3.63) is 23.9 Å². The van der Waals surface area contributed by atoms with Gasteiger partial charge in [-0.05, 0) is 18.9 Å². The molecule has 132 valence electrons. The first-order chi connectivity index (χ1) is 11.6. The maximum Gasteiger partial charge on any atom is 0.303 e. The van der Waals surface area contributed by atoms with E-state index in [0.29, 0.717) is 37.6 Å². The average molecular weight is 336 g/mol. The number of nitrogens with zero attached hydrogens (tertiary/aromatic N) is 1. The first kappa shape index (κ1) is 18.2. The van der Waals surface area contributed by atoms with Crippen LogP contribution in [-0.4, -0.2) is 47.8 Å². The third-order valence-electron chi connectivity index (χ3n) is 3.78. The predicted molar refractivity (Wildman–Crippen MR) is 87.1 cm³/mol. The summed E-state index contributed by atoms with van der Waals surface area (Å²) in [4.78, 5) is 26.6. The summed E-state index contributed by atoms with van der Waals surface area (Å²) in [5, 5.41) is 11.4. The van der Waals surface area contributed by atoms with Gasteiger partial charge in [-0.2, -0.15) is 0 Å². The van der Waals surface area contributed by atoms with E-state index in [2.05, 4.69) is 10.3 Å². The zero-order valence-electron chi connectivity index (χ0n) is 13.7. The Morgan fingerprint density at radius 1 is 1.33 bits per heavy atom. The highest BCUT2D eigenvalue weighted by atomic mass is 16.5. The van der Waals surface area contributed by atoms with Crippen LogP contribution in [0.15, 0.2) is 18.3 Å². The molecule has 24 heavy (non-hydrogen) atoms. The third-order valence-corrected chi connectivity index (χ3v) is 3.78. The molecular formula is C17H24N2O5. The zero-order valence-corrected chi connectivity index (χ0v) is 13.7. The number of nitrogens with one attached hydrogen (secondary N) is 1. The Morgan fingerprint density at radius 3 is 2.92 bits per heavy atom. The highest BCUT2D eigenvalue weighted by molar-refractivity contribution is 5.94. The molecule has 0 spiro atoms. The number of hydrogen-bond acceptors (Lipinski definition) is 5. The molecule has 7 nitrogen and oxygen atoms in total. The van der Waals surface area contributed by atoms with E-state index in [9.17, 15) is 9.59 Å². The molecule has 0 aliphatic carbocycles. The predicted octanol–water partition coefficient (Wildman–Crippen LogP) is 2.01. The molecule has 1 unspecified atom stereocenters. The minimum atomic E-state index is -0.761. The van der Waals surface area contributed by atoms with Crippen molar-refractivity contribution < 1.29 is 24.2 Å². The van der Waals surface area contributed by atoms with Gasteiger partial charge in [0.15, 0.2) is 0 Å². The number of carbonyl (C=O) groups excluding carboxylic acids is 1. The standard InChI is InChI=1S/C17H24N2O5/c20-16(21)5-3-1-2-4-8-19-17(22)13-6-9-18-15(11-13)24-14-7-10-23-12-14/h6,9,11,14H,1-5,7-8,10,12H2,(H,19,22)(H,20,21). The van der Waals surface area contributed by atoms with Crippen LogP contribution in [-0.2, 0) is 9.53 Å². The average Bonchev–Trinajstić information content (AvgIpc) is 3.06. The molecule has 2 rings (SSSR count). The van der Waals surface area contributed by atoms with Gasteiger partial charge in [0.2, 0.25) is 5.88 Å². The number of ether oxygens (including phenoxy) is 2. The van der Waals surface area contributed by atoms with Gasteiger partial charge in [-0.15, -0.1) is 0 Å². The normalized spacial score (nSPS) is 16.8. The van der Waals surface area contributed by atoms with E-state index in [1.807, 2.05) is 0 Å². The topological polar surface area (TPSA) is 97.8 Å². The number of hydrogen-bond donors (Lipinski definition) is 2. The van der Waals surface area contributed by atoms with Gasteiger partial charge < -0.3 is 19.9 Å². The molecule has 1 amide bonds. The summed E-state index contributed by atoms with van der Waals surface area (Å²) in [7, 11) is 0. The Balaban J connectivity index is 1.67. The van der Waals surface area contributed by atoms with Crippen molar-refractivity contribution in [2.75, 3.05) is 19.8 Å². The highest BCUT2D eigenvalue weighted by Gasteiger charge is 2.18. The number of amides is 1. The molecule has 2 N–H and O–H groups in total. The lowest BCUT2D eigenvalue weighted by molar-refractivity contribution is -0.137. The van der Waals surface area contributed by atoms with Gasteiger partial charge in [0.1, 0.15) is 6.10 Å². The van der Waals surface area contributed by atoms with Crippen molar-refractivity contribution in [1.82, 2.24) is 10.3 Å². The molecule has 2 heterocycles. The number of carboxylic acids is 1. The molecule has 0 aromatic carbocycles. The van der Waals surface area contributed by atoms with Crippen LogP contribution in [0.25, 0.3) is 0 Å². The summed E-state index contributed by atoms with van der Waals surface area (Å²) < 4.78 is 10.9. The maximum absolute atomic E-state index is 12.1. The molecule has 1 aliphatic heterocycles. The summed E-state index contributed by atoms with van der Waals surface area (Å²) in [6, 6.07) is 3.29. The van der Waals surface area contributed by atoms with Gasteiger partial charge in [0, 0.05) is 37.2 Å². The second-order valence-electron chi connectivity index (χ2n) is 5.80. The summed E-state index contributed by atoms with van der Waals surface area (Å²) in [5.41, 5.74) is 0.518. The largest absolute Gasteiger partial charge is 0.481 e. The van der Waals surface area contributed by atoms with Crippen molar-refractivity contribution >= 4 is 11.9 Å². The van der Waals surface area contributed by atoms with Gasteiger partial charge in [-0.1, -0.05) is 12.8 Å². The Kier molecular flexibility index (Phi) is 7.48. The van der Waals surface area contributed by atoms with Gasteiger partial charge in [-0.3, -0.25) is 9.59 Å². The van der Waals surface area contributed by atoms with Crippen LogP contribution < -0.4 is 10.1 Å². The van der Waals surface area contributed by atoms with Crippen molar-refractivity contribution in [2.45, 2.75) is 44.6 Å². The lowest BCUT2D eigenvalue weighted by atomic mass is 10.1. The number of aromatic nitrogens is 1. The Hall–Kier alpha value is -2.15. The quantitative estimate of drug-likeness (QED) is 0.634. The molecule has 1 aromatic rings. The third kappa shape index (κ3) is 6.54. The van der Waals surface area contributed by atoms with E-state index in [1.54, 1.807) is 18.3 Å². The number of pyridine rings is 1. The second-order valence-corrected chi connectivity index (χ2v) is 5.80. The highest BCUT2D eigenvalue weighted by Crippen LogP contribution is 2.15. The van der Waals surface area contributed by atoms with Crippen molar-refractivity contribution in [3.8, 4) is 5.88 Å². The fourth-order valence-corrected chi connectivity index (χ4v) is 2.45. The van der Waals surface area contributed by atoms with E-state index >= 15 is 0 Å². The number of carbonyl (C=O) groups is 2. The summed E-state index contributed by atoms with van der Waals surface area (Å²) in [5.74, 6) is -0.481. The fourth-order valence-electron chi connectivity index (χ4n) is 2.45. The van der Waals surface area contributed by atoms with E-state index in [0.717, 1.165) is 25.7 Å². The maximum atomic E-state index is 12.1. The van der Waals surface area contributed by atoms with E-state index in [4.69, 9.17) is 14.6 Å². The van der Waals surface area contributed by atoms with Crippen molar-refractivity contribution in [2.24, 2.45) is 0 Å². The SMILES string of the molecule is O=C(O)CCCCCCNC(=O)c1ccnc(OC2CCOC2)c1. The van der Waals surface area contributed by atoms with Crippen LogP contribution in [0.4, 0.5) is 0 Å². The second kappa shape index (κ2) is 9.87.